The number of alkyl halides is 3. The largest absolute Gasteiger partial charge is 0.416 e. The summed E-state index contributed by atoms with van der Waals surface area (Å²) in [5.74, 6) is 0. The zero-order valence-electron chi connectivity index (χ0n) is 10.9. The van der Waals surface area contributed by atoms with Crippen LogP contribution in [0.5, 0.6) is 0 Å². The Bertz CT molecular complexity index is 821. The van der Waals surface area contributed by atoms with Crippen molar-refractivity contribution in [3.05, 3.63) is 58.7 Å². The maximum absolute atomic E-state index is 12.7. The number of benzene rings is 2. The van der Waals surface area contributed by atoms with Crippen LogP contribution in [0, 0.1) is 6.92 Å². The summed E-state index contributed by atoms with van der Waals surface area (Å²) >= 11 is 6.25. The average molecular weight is 311 g/mol. The van der Waals surface area contributed by atoms with Crippen LogP contribution in [0.2, 0.25) is 5.15 Å². The standard InChI is InChI=1S/C15H10ClF3N2/c1-9-4-2-3-5-13(9)21-14(16)11-7-6-10(15(17,18)19)8-12(11)20-21/h2-8H,1H3. The van der Waals surface area contributed by atoms with Crippen LogP contribution < -0.4 is 0 Å². The molecule has 108 valence electrons. The monoisotopic (exact) mass is 310 g/mol. The highest BCUT2D eigenvalue weighted by molar-refractivity contribution is 6.34. The van der Waals surface area contributed by atoms with Crippen LogP contribution in [0.15, 0.2) is 42.5 Å². The van der Waals surface area contributed by atoms with Crippen LogP contribution in [0.25, 0.3) is 16.6 Å². The van der Waals surface area contributed by atoms with Gasteiger partial charge in [-0.25, -0.2) is 4.68 Å². The number of hydrogen-bond donors (Lipinski definition) is 0. The van der Waals surface area contributed by atoms with Gasteiger partial charge in [0, 0.05) is 5.39 Å². The lowest BCUT2D eigenvalue weighted by molar-refractivity contribution is -0.137. The molecular weight excluding hydrogens is 301 g/mol. The predicted octanol–water partition coefficient (Wildman–Crippen LogP) is 5.01. The van der Waals surface area contributed by atoms with Crippen molar-refractivity contribution >= 4 is 22.5 Å². The summed E-state index contributed by atoms with van der Waals surface area (Å²) < 4.78 is 39.7. The van der Waals surface area contributed by atoms with Gasteiger partial charge in [0.25, 0.3) is 0 Å². The molecule has 0 unspecified atom stereocenters. The molecular formula is C15H10ClF3N2. The minimum Gasteiger partial charge on any atom is -0.221 e. The average Bonchev–Trinajstić information content (AvgIpc) is 2.75. The van der Waals surface area contributed by atoms with E-state index in [2.05, 4.69) is 5.10 Å². The quantitative estimate of drug-likeness (QED) is 0.618. The molecule has 0 spiro atoms. The van der Waals surface area contributed by atoms with E-state index in [1.165, 1.54) is 10.7 Å². The molecule has 0 aliphatic heterocycles. The molecule has 3 rings (SSSR count). The van der Waals surface area contributed by atoms with E-state index in [4.69, 9.17) is 11.6 Å². The third-order valence-electron chi connectivity index (χ3n) is 3.28. The Labute approximate surface area is 123 Å². The normalized spacial score (nSPS) is 12.0. The van der Waals surface area contributed by atoms with Crippen molar-refractivity contribution in [2.24, 2.45) is 0 Å². The van der Waals surface area contributed by atoms with Crippen LogP contribution >= 0.6 is 11.6 Å². The van der Waals surface area contributed by atoms with Gasteiger partial charge in [0.2, 0.25) is 0 Å². The van der Waals surface area contributed by atoms with Gasteiger partial charge in [0.05, 0.1) is 16.8 Å². The SMILES string of the molecule is Cc1ccccc1-n1nc2cc(C(F)(F)F)ccc2c1Cl. The predicted molar refractivity (Wildman–Crippen MR) is 75.8 cm³/mol. The fourth-order valence-corrected chi connectivity index (χ4v) is 2.48. The maximum Gasteiger partial charge on any atom is 0.416 e. The molecule has 1 heterocycles. The maximum atomic E-state index is 12.7. The third kappa shape index (κ3) is 2.38. The zero-order chi connectivity index (χ0) is 15.2. The Balaban J connectivity index is 2.23. The van der Waals surface area contributed by atoms with E-state index < -0.39 is 11.7 Å². The Kier molecular flexibility index (Phi) is 3.17. The second-order valence-corrected chi connectivity index (χ2v) is 5.08. The van der Waals surface area contributed by atoms with Gasteiger partial charge in [0.1, 0.15) is 5.15 Å². The van der Waals surface area contributed by atoms with Gasteiger partial charge in [0.15, 0.2) is 0 Å². The molecule has 0 amide bonds. The molecule has 0 saturated heterocycles. The topological polar surface area (TPSA) is 17.8 Å². The van der Waals surface area contributed by atoms with Crippen LogP contribution in [0.4, 0.5) is 13.2 Å². The fourth-order valence-electron chi connectivity index (χ4n) is 2.19. The minimum atomic E-state index is -4.40. The summed E-state index contributed by atoms with van der Waals surface area (Å²) in [6.07, 6.45) is -4.40. The van der Waals surface area contributed by atoms with Crippen LogP contribution in [0.1, 0.15) is 11.1 Å². The lowest BCUT2D eigenvalue weighted by Crippen LogP contribution is -2.04. The molecule has 6 heteroatoms. The van der Waals surface area contributed by atoms with Gasteiger partial charge in [-0.15, -0.1) is 0 Å². The number of para-hydroxylation sites is 1. The Morgan fingerprint density at radius 2 is 1.81 bits per heavy atom. The van der Waals surface area contributed by atoms with E-state index in [1.54, 1.807) is 0 Å². The first-order chi connectivity index (χ1) is 9.88. The van der Waals surface area contributed by atoms with Gasteiger partial charge < -0.3 is 0 Å². The van der Waals surface area contributed by atoms with Crippen molar-refractivity contribution in [2.75, 3.05) is 0 Å². The number of halogens is 4. The van der Waals surface area contributed by atoms with E-state index in [0.717, 1.165) is 23.4 Å². The van der Waals surface area contributed by atoms with Gasteiger partial charge in [-0.05, 0) is 36.8 Å². The number of nitrogens with zero attached hydrogens (tertiary/aromatic N) is 2. The Morgan fingerprint density at radius 3 is 2.48 bits per heavy atom. The van der Waals surface area contributed by atoms with Gasteiger partial charge in [-0.1, -0.05) is 29.8 Å². The smallest absolute Gasteiger partial charge is 0.221 e. The zero-order valence-corrected chi connectivity index (χ0v) is 11.7. The second-order valence-electron chi connectivity index (χ2n) is 4.72. The van der Waals surface area contributed by atoms with Gasteiger partial charge in [-0.3, -0.25) is 0 Å². The molecule has 0 N–H and O–H groups in total. The molecule has 2 aromatic carbocycles. The molecule has 0 radical (unpaired) electrons. The number of rotatable bonds is 1. The Morgan fingerprint density at radius 1 is 1.10 bits per heavy atom. The number of aryl methyl sites for hydroxylation is 1. The van der Waals surface area contributed by atoms with Crippen molar-refractivity contribution in [3.63, 3.8) is 0 Å². The molecule has 3 aromatic rings. The summed E-state index contributed by atoms with van der Waals surface area (Å²) in [6, 6.07) is 10.8. The molecule has 0 bridgehead atoms. The van der Waals surface area contributed by atoms with Crippen LogP contribution in [0.3, 0.4) is 0 Å². The van der Waals surface area contributed by atoms with E-state index in [9.17, 15) is 13.2 Å². The highest BCUT2D eigenvalue weighted by Gasteiger charge is 2.31. The summed E-state index contributed by atoms with van der Waals surface area (Å²) in [7, 11) is 0. The second kappa shape index (κ2) is 4.77. The van der Waals surface area contributed by atoms with Crippen LogP contribution in [-0.2, 0) is 6.18 Å². The van der Waals surface area contributed by atoms with Crippen molar-refractivity contribution in [3.8, 4) is 5.69 Å². The van der Waals surface area contributed by atoms with Crippen molar-refractivity contribution in [1.82, 2.24) is 9.78 Å². The van der Waals surface area contributed by atoms with Crippen LogP contribution in [-0.4, -0.2) is 9.78 Å². The van der Waals surface area contributed by atoms with E-state index in [-0.39, 0.29) is 5.52 Å². The fraction of sp³-hybridized carbons (Fsp3) is 0.133. The number of hydrogen-bond acceptors (Lipinski definition) is 1. The van der Waals surface area contributed by atoms with E-state index in [0.29, 0.717) is 10.5 Å². The minimum absolute atomic E-state index is 0.220. The summed E-state index contributed by atoms with van der Waals surface area (Å²) in [5, 5.41) is 4.99. The van der Waals surface area contributed by atoms with Crippen molar-refractivity contribution in [2.45, 2.75) is 13.1 Å². The first-order valence-corrected chi connectivity index (χ1v) is 6.57. The molecule has 1 aromatic heterocycles. The highest BCUT2D eigenvalue weighted by Crippen LogP contribution is 2.34. The van der Waals surface area contributed by atoms with Crippen molar-refractivity contribution in [1.29, 1.82) is 0 Å². The summed E-state index contributed by atoms with van der Waals surface area (Å²) in [5.41, 5.74) is 1.16. The molecule has 0 atom stereocenters. The van der Waals surface area contributed by atoms with E-state index >= 15 is 0 Å². The first kappa shape index (κ1) is 13.9. The molecule has 0 aliphatic rings. The molecule has 2 nitrogen and oxygen atoms in total. The lowest BCUT2D eigenvalue weighted by Gasteiger charge is -2.05. The molecule has 0 saturated carbocycles. The molecule has 21 heavy (non-hydrogen) atoms. The Hall–Kier alpha value is -2.01. The number of aromatic nitrogens is 2. The summed E-state index contributed by atoms with van der Waals surface area (Å²) in [6.45, 7) is 1.89. The van der Waals surface area contributed by atoms with Crippen molar-refractivity contribution < 1.29 is 13.2 Å². The first-order valence-electron chi connectivity index (χ1n) is 6.19. The lowest BCUT2D eigenvalue weighted by atomic mass is 10.1. The van der Waals surface area contributed by atoms with Gasteiger partial charge in [-0.2, -0.15) is 18.3 Å². The molecule has 0 aliphatic carbocycles. The van der Waals surface area contributed by atoms with E-state index in [1.807, 2.05) is 31.2 Å². The third-order valence-corrected chi connectivity index (χ3v) is 3.65. The van der Waals surface area contributed by atoms with Gasteiger partial charge >= 0.3 is 6.18 Å². The number of fused-ring (bicyclic) bond motifs is 1. The molecule has 0 fully saturated rings. The highest BCUT2D eigenvalue weighted by atomic mass is 35.5. The summed E-state index contributed by atoms with van der Waals surface area (Å²) in [4.78, 5) is 0.